The summed E-state index contributed by atoms with van der Waals surface area (Å²) < 4.78 is 1.02. The first kappa shape index (κ1) is 16.0. The van der Waals surface area contributed by atoms with Gasteiger partial charge in [0.2, 0.25) is 5.91 Å². The lowest BCUT2D eigenvalue weighted by atomic mass is 9.93. The van der Waals surface area contributed by atoms with Crippen LogP contribution in [0.3, 0.4) is 0 Å². The third-order valence-corrected chi connectivity index (χ3v) is 4.54. The Balaban J connectivity index is 1.87. The van der Waals surface area contributed by atoms with E-state index < -0.39 is 11.5 Å². The van der Waals surface area contributed by atoms with Crippen LogP contribution < -0.4 is 5.32 Å². The first-order valence-corrected chi connectivity index (χ1v) is 8.06. The summed E-state index contributed by atoms with van der Waals surface area (Å²) in [6, 6.07) is 7.88. The smallest absolute Gasteiger partial charge is 0.305 e. The zero-order valence-corrected chi connectivity index (χ0v) is 13.5. The van der Waals surface area contributed by atoms with E-state index >= 15 is 0 Å². The Morgan fingerprint density at radius 3 is 2.38 bits per heavy atom. The molecule has 1 aromatic carbocycles. The number of hydrogen-bond donors (Lipinski definition) is 2. The number of nitrogens with one attached hydrogen (secondary N) is 1. The lowest BCUT2D eigenvalue weighted by molar-refractivity contribution is -0.139. The maximum Gasteiger partial charge on any atom is 0.305 e. The topological polar surface area (TPSA) is 66.4 Å². The number of carboxylic acid groups (broad SMARTS) is 1. The molecule has 1 fully saturated rings. The highest BCUT2D eigenvalue weighted by Gasteiger charge is 2.37. The van der Waals surface area contributed by atoms with Crippen LogP contribution in [0.1, 0.15) is 44.1 Å². The third-order valence-electron chi connectivity index (χ3n) is 4.01. The number of rotatable bonds is 6. The molecule has 1 aliphatic rings. The van der Waals surface area contributed by atoms with Gasteiger partial charge in [-0.2, -0.15) is 0 Å². The highest BCUT2D eigenvalue weighted by Crippen LogP contribution is 2.32. The number of carboxylic acids is 1. The molecule has 21 heavy (non-hydrogen) atoms. The molecular formula is C16H20BrNO3. The number of carbonyl (C=O) groups excluding carboxylic acids is 1. The monoisotopic (exact) mass is 353 g/mol. The number of benzene rings is 1. The van der Waals surface area contributed by atoms with E-state index in [0.717, 1.165) is 35.7 Å². The second-order valence-electron chi connectivity index (χ2n) is 5.73. The number of halogens is 1. The van der Waals surface area contributed by atoms with Gasteiger partial charge in [-0.15, -0.1) is 0 Å². The molecule has 0 saturated heterocycles. The van der Waals surface area contributed by atoms with Crippen molar-refractivity contribution in [2.75, 3.05) is 0 Å². The van der Waals surface area contributed by atoms with E-state index in [2.05, 4.69) is 21.2 Å². The normalized spacial score (nSPS) is 16.6. The van der Waals surface area contributed by atoms with E-state index in [1.165, 1.54) is 0 Å². The van der Waals surface area contributed by atoms with Gasteiger partial charge < -0.3 is 10.4 Å². The standard InChI is InChI=1S/C16H20BrNO3/c17-13-6-3-12(4-7-13)5-8-14(19)18-16(11-15(20)21)9-1-2-10-16/h3-4,6-7H,1-2,5,8-11H2,(H,18,19)(H,20,21). The number of carbonyl (C=O) groups is 2. The quantitative estimate of drug-likeness (QED) is 0.824. The highest BCUT2D eigenvalue weighted by molar-refractivity contribution is 9.10. The summed E-state index contributed by atoms with van der Waals surface area (Å²) in [4.78, 5) is 23.1. The van der Waals surface area contributed by atoms with Crippen LogP contribution in [0, 0.1) is 0 Å². The molecule has 0 aliphatic heterocycles. The van der Waals surface area contributed by atoms with Gasteiger partial charge in [0.25, 0.3) is 0 Å². The molecule has 114 valence electrons. The van der Waals surface area contributed by atoms with Crippen LogP contribution >= 0.6 is 15.9 Å². The third kappa shape index (κ3) is 4.84. The minimum absolute atomic E-state index is 0.0248. The second-order valence-corrected chi connectivity index (χ2v) is 6.65. The molecule has 1 saturated carbocycles. The van der Waals surface area contributed by atoms with Crippen LogP contribution in [0.25, 0.3) is 0 Å². The minimum Gasteiger partial charge on any atom is -0.481 e. The zero-order chi connectivity index (χ0) is 15.3. The van der Waals surface area contributed by atoms with Crippen molar-refractivity contribution in [3.8, 4) is 0 Å². The first-order chi connectivity index (χ1) is 9.99. The van der Waals surface area contributed by atoms with Crippen LogP contribution in [0.4, 0.5) is 0 Å². The van der Waals surface area contributed by atoms with Gasteiger partial charge in [0.15, 0.2) is 0 Å². The van der Waals surface area contributed by atoms with Crippen molar-refractivity contribution < 1.29 is 14.7 Å². The predicted octanol–water partition coefficient (Wildman–Crippen LogP) is 3.29. The van der Waals surface area contributed by atoms with E-state index in [1.54, 1.807) is 0 Å². The molecule has 2 N–H and O–H groups in total. The molecule has 1 aromatic rings. The Hall–Kier alpha value is -1.36. The summed E-state index contributed by atoms with van der Waals surface area (Å²) in [5.74, 6) is -0.897. The van der Waals surface area contributed by atoms with Crippen molar-refractivity contribution in [1.29, 1.82) is 0 Å². The molecule has 0 aromatic heterocycles. The summed E-state index contributed by atoms with van der Waals surface area (Å²) in [6.45, 7) is 0. The maximum atomic E-state index is 12.1. The van der Waals surface area contributed by atoms with Gasteiger partial charge in [-0.3, -0.25) is 9.59 Å². The molecule has 0 atom stereocenters. The molecule has 1 amide bonds. The largest absolute Gasteiger partial charge is 0.481 e. The van der Waals surface area contributed by atoms with Crippen molar-refractivity contribution in [2.24, 2.45) is 0 Å². The Labute approximate surface area is 133 Å². The first-order valence-electron chi connectivity index (χ1n) is 7.26. The van der Waals surface area contributed by atoms with Gasteiger partial charge in [-0.25, -0.2) is 0 Å². The number of aryl methyl sites for hydroxylation is 1. The molecule has 0 unspecified atom stereocenters. The fourth-order valence-electron chi connectivity index (χ4n) is 2.95. The molecular weight excluding hydrogens is 334 g/mol. The van der Waals surface area contributed by atoms with Crippen molar-refractivity contribution in [2.45, 2.75) is 50.5 Å². The van der Waals surface area contributed by atoms with Crippen molar-refractivity contribution in [3.63, 3.8) is 0 Å². The van der Waals surface area contributed by atoms with Crippen LogP contribution in [0.5, 0.6) is 0 Å². The fraction of sp³-hybridized carbons (Fsp3) is 0.500. The predicted molar refractivity (Wildman–Crippen MR) is 84.1 cm³/mol. The lowest BCUT2D eigenvalue weighted by Gasteiger charge is -2.28. The summed E-state index contributed by atoms with van der Waals surface area (Å²) in [5.41, 5.74) is 0.579. The van der Waals surface area contributed by atoms with Crippen LogP contribution in [-0.2, 0) is 16.0 Å². The van der Waals surface area contributed by atoms with Crippen molar-refractivity contribution in [3.05, 3.63) is 34.3 Å². The Bertz CT molecular complexity index is 507. The molecule has 0 radical (unpaired) electrons. The van der Waals surface area contributed by atoms with Crippen LogP contribution in [0.2, 0.25) is 0 Å². The van der Waals surface area contributed by atoms with Gasteiger partial charge in [0.05, 0.1) is 12.0 Å². The van der Waals surface area contributed by atoms with Gasteiger partial charge in [-0.1, -0.05) is 40.9 Å². The van der Waals surface area contributed by atoms with Gasteiger partial charge in [-0.05, 0) is 37.0 Å². The second kappa shape index (κ2) is 7.07. The Kier molecular flexibility index (Phi) is 5.39. The molecule has 5 heteroatoms. The lowest BCUT2D eigenvalue weighted by Crippen LogP contribution is -2.47. The number of amides is 1. The average molecular weight is 354 g/mol. The molecule has 4 nitrogen and oxygen atoms in total. The van der Waals surface area contributed by atoms with Crippen molar-refractivity contribution in [1.82, 2.24) is 5.32 Å². The van der Waals surface area contributed by atoms with E-state index in [9.17, 15) is 9.59 Å². The summed E-state index contributed by atoms with van der Waals surface area (Å²) >= 11 is 3.38. The van der Waals surface area contributed by atoms with Crippen LogP contribution in [0.15, 0.2) is 28.7 Å². The van der Waals surface area contributed by atoms with E-state index in [4.69, 9.17) is 5.11 Å². The van der Waals surface area contributed by atoms with Gasteiger partial charge in [0.1, 0.15) is 0 Å². The number of hydrogen-bond acceptors (Lipinski definition) is 2. The van der Waals surface area contributed by atoms with Gasteiger partial charge in [0, 0.05) is 10.9 Å². The fourth-order valence-corrected chi connectivity index (χ4v) is 3.22. The Morgan fingerprint density at radius 2 is 1.81 bits per heavy atom. The summed E-state index contributed by atoms with van der Waals surface area (Å²) in [6.07, 6.45) is 4.59. The average Bonchev–Trinajstić information content (AvgIpc) is 2.85. The van der Waals surface area contributed by atoms with E-state index in [-0.39, 0.29) is 12.3 Å². The highest BCUT2D eigenvalue weighted by atomic mass is 79.9. The molecule has 0 bridgehead atoms. The summed E-state index contributed by atoms with van der Waals surface area (Å²) in [5, 5.41) is 12.0. The van der Waals surface area contributed by atoms with Gasteiger partial charge >= 0.3 is 5.97 Å². The number of aliphatic carboxylic acids is 1. The Morgan fingerprint density at radius 1 is 1.19 bits per heavy atom. The van der Waals surface area contributed by atoms with Crippen LogP contribution in [-0.4, -0.2) is 22.5 Å². The SMILES string of the molecule is O=C(O)CC1(NC(=O)CCc2ccc(Br)cc2)CCCC1. The minimum atomic E-state index is -0.842. The van der Waals surface area contributed by atoms with Crippen molar-refractivity contribution >= 4 is 27.8 Å². The molecule has 1 aliphatic carbocycles. The van der Waals surface area contributed by atoms with E-state index in [0.29, 0.717) is 12.8 Å². The summed E-state index contributed by atoms with van der Waals surface area (Å²) in [7, 11) is 0. The zero-order valence-electron chi connectivity index (χ0n) is 11.9. The molecule has 0 heterocycles. The molecule has 2 rings (SSSR count). The van der Waals surface area contributed by atoms with E-state index in [1.807, 2.05) is 24.3 Å². The maximum absolute atomic E-state index is 12.1. The molecule has 0 spiro atoms.